The smallest absolute Gasteiger partial charge is 0.181 e. The van der Waals surface area contributed by atoms with Crippen LogP contribution in [0.1, 0.15) is 24.4 Å². The van der Waals surface area contributed by atoms with Crippen molar-refractivity contribution in [2.45, 2.75) is 18.9 Å². The average molecular weight is 215 g/mol. The van der Waals surface area contributed by atoms with E-state index in [1.54, 1.807) is 0 Å². The van der Waals surface area contributed by atoms with Gasteiger partial charge in [0.05, 0.1) is 6.07 Å². The number of hydrogen-bond donors (Lipinski definition) is 1. The van der Waals surface area contributed by atoms with Crippen LogP contribution in [0.25, 0.3) is 11.1 Å². The standard InChI is InChI=1S/C12H13N3O/c1-14-10(3-2-6-13)9-4-5-11-12(7-9)16-8-15-11/h4-5,7-8,10,14H,2-3H2,1H3. The van der Waals surface area contributed by atoms with Gasteiger partial charge in [0, 0.05) is 12.5 Å². The van der Waals surface area contributed by atoms with Crippen LogP contribution in [0.15, 0.2) is 29.0 Å². The minimum absolute atomic E-state index is 0.189. The summed E-state index contributed by atoms with van der Waals surface area (Å²) < 4.78 is 5.25. The van der Waals surface area contributed by atoms with E-state index in [9.17, 15) is 0 Å². The Morgan fingerprint density at radius 2 is 2.44 bits per heavy atom. The summed E-state index contributed by atoms with van der Waals surface area (Å²) in [6, 6.07) is 8.27. The number of benzene rings is 1. The molecule has 0 bridgehead atoms. The van der Waals surface area contributed by atoms with Gasteiger partial charge in [-0.15, -0.1) is 0 Å². The SMILES string of the molecule is CNC(CCC#N)c1ccc2ncoc2c1. The minimum Gasteiger partial charge on any atom is -0.443 e. The Balaban J connectivity index is 2.26. The molecule has 1 aromatic heterocycles. The van der Waals surface area contributed by atoms with Crippen LogP contribution in [-0.2, 0) is 0 Å². The van der Waals surface area contributed by atoms with E-state index >= 15 is 0 Å². The summed E-state index contributed by atoms with van der Waals surface area (Å²) >= 11 is 0. The molecule has 2 aromatic rings. The molecule has 1 aromatic carbocycles. The molecule has 0 aliphatic carbocycles. The topological polar surface area (TPSA) is 61.9 Å². The Labute approximate surface area is 93.9 Å². The molecule has 82 valence electrons. The summed E-state index contributed by atoms with van der Waals surface area (Å²) in [6.45, 7) is 0. The molecule has 1 atom stereocenters. The highest BCUT2D eigenvalue weighted by molar-refractivity contribution is 5.72. The van der Waals surface area contributed by atoms with Crippen molar-refractivity contribution in [3.8, 4) is 6.07 Å². The maximum absolute atomic E-state index is 8.59. The summed E-state index contributed by atoms with van der Waals surface area (Å²) in [4.78, 5) is 4.07. The average Bonchev–Trinajstić information content (AvgIpc) is 2.77. The van der Waals surface area contributed by atoms with E-state index < -0.39 is 0 Å². The van der Waals surface area contributed by atoms with Gasteiger partial charge in [0.1, 0.15) is 5.52 Å². The van der Waals surface area contributed by atoms with Gasteiger partial charge in [0.15, 0.2) is 12.0 Å². The van der Waals surface area contributed by atoms with Gasteiger partial charge in [0.2, 0.25) is 0 Å². The molecule has 1 heterocycles. The molecule has 0 amide bonds. The fourth-order valence-electron chi connectivity index (χ4n) is 1.77. The number of nitrogens with zero attached hydrogens (tertiary/aromatic N) is 2. The Bertz CT molecular complexity index is 512. The van der Waals surface area contributed by atoms with Crippen LogP contribution in [0.3, 0.4) is 0 Å². The molecule has 16 heavy (non-hydrogen) atoms. The number of nitrogens with one attached hydrogen (secondary N) is 1. The van der Waals surface area contributed by atoms with E-state index in [-0.39, 0.29) is 6.04 Å². The second-order valence-electron chi connectivity index (χ2n) is 3.62. The fourth-order valence-corrected chi connectivity index (χ4v) is 1.77. The molecule has 0 aliphatic heterocycles. The normalized spacial score (nSPS) is 12.5. The van der Waals surface area contributed by atoms with E-state index in [0.29, 0.717) is 6.42 Å². The third-order valence-electron chi connectivity index (χ3n) is 2.65. The molecule has 0 saturated heterocycles. The number of nitriles is 1. The van der Waals surface area contributed by atoms with Crippen molar-refractivity contribution < 1.29 is 4.42 Å². The lowest BCUT2D eigenvalue weighted by molar-refractivity contribution is 0.554. The van der Waals surface area contributed by atoms with Crippen LogP contribution in [0.4, 0.5) is 0 Å². The highest BCUT2D eigenvalue weighted by Gasteiger charge is 2.10. The summed E-state index contributed by atoms with van der Waals surface area (Å²) in [7, 11) is 1.90. The monoisotopic (exact) mass is 215 g/mol. The molecule has 0 radical (unpaired) electrons. The van der Waals surface area contributed by atoms with E-state index in [1.165, 1.54) is 6.39 Å². The van der Waals surface area contributed by atoms with Crippen LogP contribution in [0.2, 0.25) is 0 Å². The van der Waals surface area contributed by atoms with Gasteiger partial charge in [-0.2, -0.15) is 5.26 Å². The Kier molecular flexibility index (Phi) is 3.18. The van der Waals surface area contributed by atoms with Crippen molar-refractivity contribution in [3.63, 3.8) is 0 Å². The first-order valence-corrected chi connectivity index (χ1v) is 5.22. The lowest BCUT2D eigenvalue weighted by Crippen LogP contribution is -2.15. The van der Waals surface area contributed by atoms with Crippen LogP contribution in [0.5, 0.6) is 0 Å². The number of rotatable bonds is 4. The van der Waals surface area contributed by atoms with Crippen molar-refractivity contribution in [1.82, 2.24) is 10.3 Å². The lowest BCUT2D eigenvalue weighted by Gasteiger charge is -2.14. The predicted octanol–water partition coefficient (Wildman–Crippen LogP) is 2.39. The maximum Gasteiger partial charge on any atom is 0.181 e. The predicted molar refractivity (Wildman–Crippen MR) is 60.7 cm³/mol. The molecule has 1 N–H and O–H groups in total. The largest absolute Gasteiger partial charge is 0.443 e. The first kappa shape index (κ1) is 10.7. The molecule has 0 saturated carbocycles. The zero-order valence-electron chi connectivity index (χ0n) is 9.10. The molecule has 1 unspecified atom stereocenters. The lowest BCUT2D eigenvalue weighted by atomic mass is 10.0. The number of hydrogen-bond acceptors (Lipinski definition) is 4. The van der Waals surface area contributed by atoms with E-state index in [1.807, 2.05) is 25.2 Å². The summed E-state index contributed by atoms with van der Waals surface area (Å²) in [6.07, 6.45) is 2.78. The van der Waals surface area contributed by atoms with Crippen LogP contribution in [-0.4, -0.2) is 12.0 Å². The summed E-state index contributed by atoms with van der Waals surface area (Å²) in [5, 5.41) is 11.8. The fraction of sp³-hybridized carbons (Fsp3) is 0.333. The first-order valence-electron chi connectivity index (χ1n) is 5.22. The first-order chi connectivity index (χ1) is 7.85. The third-order valence-corrected chi connectivity index (χ3v) is 2.65. The van der Waals surface area contributed by atoms with Crippen molar-refractivity contribution in [2.75, 3.05) is 7.05 Å². The zero-order chi connectivity index (χ0) is 11.4. The van der Waals surface area contributed by atoms with Gasteiger partial charge in [-0.3, -0.25) is 0 Å². The minimum atomic E-state index is 0.189. The quantitative estimate of drug-likeness (QED) is 0.850. The van der Waals surface area contributed by atoms with Gasteiger partial charge in [-0.25, -0.2) is 4.98 Å². The highest BCUT2D eigenvalue weighted by atomic mass is 16.3. The van der Waals surface area contributed by atoms with Gasteiger partial charge < -0.3 is 9.73 Å². The number of fused-ring (bicyclic) bond motifs is 1. The molecule has 2 rings (SSSR count). The number of oxazole rings is 1. The maximum atomic E-state index is 8.59. The van der Waals surface area contributed by atoms with Crippen molar-refractivity contribution in [1.29, 1.82) is 5.26 Å². The molecule has 0 fully saturated rings. The molecule has 4 nitrogen and oxygen atoms in total. The Hall–Kier alpha value is -1.86. The molecular formula is C12H13N3O. The van der Waals surface area contributed by atoms with Crippen LogP contribution in [0, 0.1) is 11.3 Å². The second-order valence-corrected chi connectivity index (χ2v) is 3.62. The second kappa shape index (κ2) is 4.77. The molecule has 4 heteroatoms. The summed E-state index contributed by atoms with van der Waals surface area (Å²) in [5.41, 5.74) is 2.77. The molecule has 0 aliphatic rings. The van der Waals surface area contributed by atoms with Gasteiger partial charge in [-0.1, -0.05) is 6.07 Å². The van der Waals surface area contributed by atoms with Gasteiger partial charge in [-0.05, 0) is 31.2 Å². The Morgan fingerprint density at radius 3 is 3.19 bits per heavy atom. The Morgan fingerprint density at radius 1 is 1.56 bits per heavy atom. The number of aromatic nitrogens is 1. The summed E-state index contributed by atoms with van der Waals surface area (Å²) in [5.74, 6) is 0. The van der Waals surface area contributed by atoms with Crippen molar-refractivity contribution >= 4 is 11.1 Å². The van der Waals surface area contributed by atoms with Crippen molar-refractivity contribution in [3.05, 3.63) is 30.2 Å². The van der Waals surface area contributed by atoms with Crippen molar-refractivity contribution in [2.24, 2.45) is 0 Å². The van der Waals surface area contributed by atoms with E-state index in [2.05, 4.69) is 16.4 Å². The van der Waals surface area contributed by atoms with Gasteiger partial charge >= 0.3 is 0 Å². The zero-order valence-corrected chi connectivity index (χ0v) is 9.10. The van der Waals surface area contributed by atoms with Crippen LogP contribution >= 0.6 is 0 Å². The van der Waals surface area contributed by atoms with E-state index in [4.69, 9.17) is 9.68 Å². The highest BCUT2D eigenvalue weighted by Crippen LogP contribution is 2.22. The molecule has 0 spiro atoms. The molecular weight excluding hydrogens is 202 g/mol. The van der Waals surface area contributed by atoms with Gasteiger partial charge in [0.25, 0.3) is 0 Å². The van der Waals surface area contributed by atoms with E-state index in [0.717, 1.165) is 23.1 Å². The third kappa shape index (κ3) is 2.05. The van der Waals surface area contributed by atoms with Crippen LogP contribution < -0.4 is 5.32 Å².